The summed E-state index contributed by atoms with van der Waals surface area (Å²) in [6.45, 7) is 0.999. The van der Waals surface area contributed by atoms with E-state index in [1.54, 1.807) is 6.20 Å². The molecule has 2 heterocycles. The van der Waals surface area contributed by atoms with Gasteiger partial charge in [0.1, 0.15) is 0 Å². The third-order valence-corrected chi connectivity index (χ3v) is 4.47. The zero-order valence-electron chi connectivity index (χ0n) is 10.6. The van der Waals surface area contributed by atoms with Gasteiger partial charge >= 0.3 is 0 Å². The second-order valence-corrected chi connectivity index (χ2v) is 5.92. The lowest BCUT2D eigenvalue weighted by Gasteiger charge is -2.22. The Kier molecular flexibility index (Phi) is 3.80. The van der Waals surface area contributed by atoms with Crippen molar-refractivity contribution in [1.82, 2.24) is 10.3 Å². The molecule has 1 aromatic heterocycles. The zero-order chi connectivity index (χ0) is 13.1. The van der Waals surface area contributed by atoms with Crippen LogP contribution in [0.5, 0.6) is 0 Å². The van der Waals surface area contributed by atoms with Crippen LogP contribution in [-0.4, -0.2) is 34.9 Å². The first-order valence-corrected chi connectivity index (χ1v) is 7.67. The van der Waals surface area contributed by atoms with Crippen molar-refractivity contribution in [3.05, 3.63) is 42.1 Å². The number of pyridine rings is 1. The minimum Gasteiger partial charge on any atom is -0.312 e. The van der Waals surface area contributed by atoms with Gasteiger partial charge in [-0.3, -0.25) is 9.78 Å². The molecule has 0 radical (unpaired) electrons. The molecule has 0 aliphatic carbocycles. The number of hydrogen-bond acceptors (Lipinski definition) is 4. The third kappa shape index (κ3) is 2.96. The van der Waals surface area contributed by atoms with Crippen molar-refractivity contribution in [2.75, 3.05) is 18.1 Å². The molecule has 2 aromatic rings. The number of nitrogens with zero attached hydrogens (tertiary/aromatic N) is 1. The number of benzene rings is 1. The number of thioether (sulfide) groups is 1. The van der Waals surface area contributed by atoms with E-state index in [0.717, 1.165) is 34.5 Å². The average Bonchev–Trinajstić information content (AvgIpc) is 2.48. The largest absolute Gasteiger partial charge is 0.312 e. The van der Waals surface area contributed by atoms with E-state index in [-0.39, 0.29) is 5.78 Å². The molecule has 1 fully saturated rings. The van der Waals surface area contributed by atoms with Crippen LogP contribution in [0.3, 0.4) is 0 Å². The minimum absolute atomic E-state index is 0.179. The molecule has 0 bridgehead atoms. The summed E-state index contributed by atoms with van der Waals surface area (Å²) in [5.41, 5.74) is 1.65. The molecule has 3 nitrogen and oxygen atoms in total. The van der Waals surface area contributed by atoms with Crippen LogP contribution in [0.1, 0.15) is 16.8 Å². The first-order chi connectivity index (χ1) is 9.33. The van der Waals surface area contributed by atoms with Crippen LogP contribution in [0.2, 0.25) is 0 Å². The van der Waals surface area contributed by atoms with Gasteiger partial charge in [0.15, 0.2) is 5.78 Å². The summed E-state index contributed by atoms with van der Waals surface area (Å²) >= 11 is 1.91. The summed E-state index contributed by atoms with van der Waals surface area (Å²) in [4.78, 5) is 16.6. The molecular formula is C15H16N2OS. The van der Waals surface area contributed by atoms with Gasteiger partial charge in [0.05, 0.1) is 5.52 Å². The maximum absolute atomic E-state index is 12.3. The SMILES string of the molecule is O=C(CC1CSCCN1)c1cnc2ccccc2c1. The molecule has 0 amide bonds. The van der Waals surface area contributed by atoms with E-state index >= 15 is 0 Å². The molecule has 0 spiro atoms. The zero-order valence-corrected chi connectivity index (χ0v) is 11.5. The minimum atomic E-state index is 0.179. The molecule has 1 atom stereocenters. The van der Waals surface area contributed by atoms with Crippen molar-refractivity contribution in [1.29, 1.82) is 0 Å². The van der Waals surface area contributed by atoms with Gasteiger partial charge in [-0.15, -0.1) is 0 Å². The van der Waals surface area contributed by atoms with Gasteiger partial charge in [0, 0.05) is 47.7 Å². The summed E-state index contributed by atoms with van der Waals surface area (Å²) in [7, 11) is 0. The number of nitrogens with one attached hydrogen (secondary N) is 1. The molecule has 1 aliphatic rings. The van der Waals surface area contributed by atoms with E-state index < -0.39 is 0 Å². The topological polar surface area (TPSA) is 42.0 Å². The standard InChI is InChI=1S/C15H16N2OS/c18-15(8-13-10-19-6-5-16-13)12-7-11-3-1-2-4-14(11)17-9-12/h1-4,7,9,13,16H,5-6,8,10H2. The number of aromatic nitrogens is 1. The Labute approximate surface area is 116 Å². The van der Waals surface area contributed by atoms with Crippen LogP contribution < -0.4 is 5.32 Å². The summed E-state index contributed by atoms with van der Waals surface area (Å²) in [5.74, 6) is 2.34. The molecule has 1 N–H and O–H groups in total. The molecular weight excluding hydrogens is 256 g/mol. The van der Waals surface area contributed by atoms with Gasteiger partial charge in [-0.1, -0.05) is 18.2 Å². The summed E-state index contributed by atoms with van der Waals surface area (Å²) in [6, 6.07) is 10.1. The second-order valence-electron chi connectivity index (χ2n) is 4.77. The van der Waals surface area contributed by atoms with Crippen LogP contribution in [0.4, 0.5) is 0 Å². The molecule has 19 heavy (non-hydrogen) atoms. The Bertz CT molecular complexity index is 593. The highest BCUT2D eigenvalue weighted by atomic mass is 32.2. The lowest BCUT2D eigenvalue weighted by Crippen LogP contribution is -2.38. The van der Waals surface area contributed by atoms with Gasteiger partial charge in [-0.2, -0.15) is 11.8 Å². The number of para-hydroxylation sites is 1. The van der Waals surface area contributed by atoms with Crippen molar-refractivity contribution < 1.29 is 4.79 Å². The van der Waals surface area contributed by atoms with Gasteiger partial charge in [0.2, 0.25) is 0 Å². The van der Waals surface area contributed by atoms with Crippen LogP contribution in [0.25, 0.3) is 10.9 Å². The van der Waals surface area contributed by atoms with Crippen molar-refractivity contribution in [2.24, 2.45) is 0 Å². The Morgan fingerprint density at radius 2 is 2.32 bits per heavy atom. The molecule has 3 rings (SSSR count). The second kappa shape index (κ2) is 5.72. The number of carbonyl (C=O) groups is 1. The molecule has 98 valence electrons. The summed E-state index contributed by atoms with van der Waals surface area (Å²) in [6.07, 6.45) is 2.26. The van der Waals surface area contributed by atoms with Gasteiger partial charge in [0.25, 0.3) is 0 Å². The van der Waals surface area contributed by atoms with Gasteiger partial charge in [-0.25, -0.2) is 0 Å². The molecule has 1 unspecified atom stereocenters. The molecule has 4 heteroatoms. The Balaban J connectivity index is 1.77. The summed E-state index contributed by atoms with van der Waals surface area (Å²) < 4.78 is 0. The van der Waals surface area contributed by atoms with E-state index in [0.29, 0.717) is 12.5 Å². The van der Waals surface area contributed by atoms with Crippen LogP contribution in [0, 0.1) is 0 Å². The summed E-state index contributed by atoms with van der Waals surface area (Å²) in [5, 5.41) is 4.42. The average molecular weight is 272 g/mol. The van der Waals surface area contributed by atoms with E-state index in [2.05, 4.69) is 10.3 Å². The van der Waals surface area contributed by atoms with Crippen LogP contribution in [-0.2, 0) is 0 Å². The van der Waals surface area contributed by atoms with E-state index in [4.69, 9.17) is 0 Å². The fourth-order valence-electron chi connectivity index (χ4n) is 2.32. The number of rotatable bonds is 3. The highest BCUT2D eigenvalue weighted by molar-refractivity contribution is 7.99. The maximum atomic E-state index is 12.3. The van der Waals surface area contributed by atoms with Crippen molar-refractivity contribution in [3.8, 4) is 0 Å². The lowest BCUT2D eigenvalue weighted by atomic mass is 10.0. The predicted octanol–water partition coefficient (Wildman–Crippen LogP) is 2.51. The molecule has 1 aliphatic heterocycles. The molecule has 1 saturated heterocycles. The predicted molar refractivity (Wildman–Crippen MR) is 79.8 cm³/mol. The number of ketones is 1. The van der Waals surface area contributed by atoms with Gasteiger partial charge < -0.3 is 5.32 Å². The van der Waals surface area contributed by atoms with Crippen molar-refractivity contribution in [2.45, 2.75) is 12.5 Å². The maximum Gasteiger partial charge on any atom is 0.166 e. The number of hydrogen-bond donors (Lipinski definition) is 1. The fourth-order valence-corrected chi connectivity index (χ4v) is 3.27. The van der Waals surface area contributed by atoms with Crippen LogP contribution in [0.15, 0.2) is 36.5 Å². The molecule has 0 saturated carbocycles. The normalized spacial score (nSPS) is 19.5. The highest BCUT2D eigenvalue weighted by Crippen LogP contribution is 2.16. The third-order valence-electron chi connectivity index (χ3n) is 3.34. The quantitative estimate of drug-likeness (QED) is 0.872. The Hall–Kier alpha value is -1.39. The molecule has 1 aromatic carbocycles. The van der Waals surface area contributed by atoms with Crippen molar-refractivity contribution in [3.63, 3.8) is 0 Å². The number of Topliss-reactive ketones (excluding diaryl/α,β-unsaturated/α-hetero) is 1. The first-order valence-electron chi connectivity index (χ1n) is 6.52. The van der Waals surface area contributed by atoms with E-state index in [1.165, 1.54) is 0 Å². The monoisotopic (exact) mass is 272 g/mol. The Morgan fingerprint density at radius 1 is 1.42 bits per heavy atom. The lowest BCUT2D eigenvalue weighted by molar-refractivity contribution is 0.0972. The van der Waals surface area contributed by atoms with Gasteiger partial charge in [-0.05, 0) is 12.1 Å². The number of carbonyl (C=O) groups excluding carboxylic acids is 1. The Morgan fingerprint density at radius 3 is 3.16 bits per heavy atom. The fraction of sp³-hybridized carbons (Fsp3) is 0.333. The smallest absolute Gasteiger partial charge is 0.166 e. The van der Waals surface area contributed by atoms with Crippen molar-refractivity contribution >= 4 is 28.4 Å². The van der Waals surface area contributed by atoms with Crippen LogP contribution >= 0.6 is 11.8 Å². The highest BCUT2D eigenvalue weighted by Gasteiger charge is 2.18. The van der Waals surface area contributed by atoms with E-state index in [9.17, 15) is 4.79 Å². The van der Waals surface area contributed by atoms with E-state index in [1.807, 2.05) is 42.1 Å². The number of fused-ring (bicyclic) bond motifs is 1. The first kappa shape index (κ1) is 12.6.